The Balaban J connectivity index is 3.19. The number of rotatable bonds is 5. The van der Waals surface area contributed by atoms with E-state index in [1.165, 1.54) is 6.92 Å². The lowest BCUT2D eigenvalue weighted by molar-refractivity contribution is -0.121. The van der Waals surface area contributed by atoms with Crippen LogP contribution in [0.3, 0.4) is 0 Å². The lowest BCUT2D eigenvalue weighted by Crippen LogP contribution is -2.33. The molecule has 0 aliphatic carbocycles. The number of amides is 2. The van der Waals surface area contributed by atoms with E-state index < -0.39 is 0 Å². The van der Waals surface area contributed by atoms with Gasteiger partial charge in [-0.05, 0) is 0 Å². The Hall–Kier alpha value is -0.580. The summed E-state index contributed by atoms with van der Waals surface area (Å²) in [7, 11) is 0. The minimum absolute atomic E-state index is 0.00257. The smallest absolute Gasteiger partial charge is 0.220 e. The molecule has 0 unspecified atom stereocenters. The quantitative estimate of drug-likeness (QED) is 0.523. The molecule has 0 aromatic rings. The van der Waals surface area contributed by atoms with Crippen molar-refractivity contribution in [2.45, 2.75) is 13.3 Å². The number of alkyl halides is 1. The van der Waals surface area contributed by atoms with Gasteiger partial charge in [-0.2, -0.15) is 0 Å². The maximum absolute atomic E-state index is 10.8. The summed E-state index contributed by atoms with van der Waals surface area (Å²) in [6, 6.07) is 0. The van der Waals surface area contributed by atoms with Crippen LogP contribution in [0.4, 0.5) is 0 Å². The molecule has 0 radical (unpaired) electrons. The summed E-state index contributed by atoms with van der Waals surface area (Å²) in [6.07, 6.45) is 0.472. The van der Waals surface area contributed by atoms with Gasteiger partial charge in [0.15, 0.2) is 0 Å². The molecule has 70 valence electrons. The van der Waals surface area contributed by atoms with Crippen molar-refractivity contribution in [2.24, 2.45) is 0 Å². The van der Waals surface area contributed by atoms with Crippen LogP contribution in [0.5, 0.6) is 0 Å². The zero-order chi connectivity index (χ0) is 9.40. The first kappa shape index (κ1) is 11.4. The van der Waals surface area contributed by atoms with Crippen molar-refractivity contribution in [3.8, 4) is 0 Å². The normalized spacial score (nSPS) is 9.17. The van der Waals surface area contributed by atoms with Gasteiger partial charge in [0, 0.05) is 31.8 Å². The third-order valence-electron chi connectivity index (χ3n) is 1.14. The SMILES string of the molecule is CC(=O)NCCNC(=O)CCBr. The van der Waals surface area contributed by atoms with E-state index in [9.17, 15) is 9.59 Å². The second-order valence-corrected chi connectivity index (χ2v) is 3.06. The van der Waals surface area contributed by atoms with Crippen LogP contribution in [0.1, 0.15) is 13.3 Å². The lowest BCUT2D eigenvalue weighted by Gasteiger charge is -2.03. The molecule has 0 atom stereocenters. The third kappa shape index (κ3) is 7.53. The van der Waals surface area contributed by atoms with E-state index in [1.807, 2.05) is 0 Å². The highest BCUT2D eigenvalue weighted by Gasteiger charge is 1.97. The van der Waals surface area contributed by atoms with Crippen LogP contribution in [-0.4, -0.2) is 30.2 Å². The molecule has 0 bridgehead atoms. The topological polar surface area (TPSA) is 58.2 Å². The fourth-order valence-corrected chi connectivity index (χ4v) is 0.975. The molecular weight excluding hydrogens is 224 g/mol. The molecule has 0 saturated heterocycles. The molecule has 0 heterocycles. The van der Waals surface area contributed by atoms with E-state index in [0.29, 0.717) is 24.8 Å². The van der Waals surface area contributed by atoms with Crippen molar-refractivity contribution in [1.29, 1.82) is 0 Å². The Kier molecular flexibility index (Phi) is 6.75. The molecule has 0 aliphatic heterocycles. The molecule has 2 amide bonds. The van der Waals surface area contributed by atoms with Crippen LogP contribution in [-0.2, 0) is 9.59 Å². The van der Waals surface area contributed by atoms with E-state index in [-0.39, 0.29) is 11.8 Å². The molecule has 0 spiro atoms. The molecule has 12 heavy (non-hydrogen) atoms. The van der Waals surface area contributed by atoms with E-state index in [2.05, 4.69) is 26.6 Å². The standard InChI is InChI=1S/C7H13BrN2O2/c1-6(11)9-4-5-10-7(12)2-3-8/h2-5H2,1H3,(H,9,11)(H,10,12). The number of nitrogens with one attached hydrogen (secondary N) is 2. The summed E-state index contributed by atoms with van der Waals surface area (Å²) in [6.45, 7) is 2.43. The van der Waals surface area contributed by atoms with Crippen LogP contribution in [0.15, 0.2) is 0 Å². The summed E-state index contributed by atoms with van der Waals surface area (Å²) in [5, 5.41) is 5.90. The Morgan fingerprint density at radius 3 is 2.33 bits per heavy atom. The summed E-state index contributed by atoms with van der Waals surface area (Å²) in [5.41, 5.74) is 0. The highest BCUT2D eigenvalue weighted by atomic mass is 79.9. The first-order valence-electron chi connectivity index (χ1n) is 3.74. The second-order valence-electron chi connectivity index (χ2n) is 2.27. The molecule has 4 nitrogen and oxygen atoms in total. The van der Waals surface area contributed by atoms with Crippen molar-refractivity contribution >= 4 is 27.7 Å². The van der Waals surface area contributed by atoms with Gasteiger partial charge in [-0.1, -0.05) is 15.9 Å². The van der Waals surface area contributed by atoms with E-state index >= 15 is 0 Å². The Morgan fingerprint density at radius 1 is 1.25 bits per heavy atom. The number of halogens is 1. The summed E-state index contributed by atoms with van der Waals surface area (Å²) >= 11 is 3.15. The number of hydrogen-bond acceptors (Lipinski definition) is 2. The zero-order valence-electron chi connectivity index (χ0n) is 7.02. The molecule has 0 aromatic heterocycles. The van der Waals surface area contributed by atoms with Crippen LogP contribution >= 0.6 is 15.9 Å². The molecule has 0 aliphatic rings. The Bertz CT molecular complexity index is 161. The van der Waals surface area contributed by atoms with Gasteiger partial charge in [-0.15, -0.1) is 0 Å². The van der Waals surface area contributed by atoms with Gasteiger partial charge in [-0.3, -0.25) is 9.59 Å². The molecule has 0 fully saturated rings. The molecular formula is C7H13BrN2O2. The molecule has 0 aromatic carbocycles. The van der Waals surface area contributed by atoms with Gasteiger partial charge >= 0.3 is 0 Å². The Labute approximate surface area is 80.2 Å². The molecule has 0 rings (SSSR count). The van der Waals surface area contributed by atoms with Gasteiger partial charge in [0.1, 0.15) is 0 Å². The largest absolute Gasteiger partial charge is 0.355 e. The van der Waals surface area contributed by atoms with Gasteiger partial charge < -0.3 is 10.6 Å². The van der Waals surface area contributed by atoms with Gasteiger partial charge in [-0.25, -0.2) is 0 Å². The minimum atomic E-state index is -0.0789. The monoisotopic (exact) mass is 236 g/mol. The first-order chi connectivity index (χ1) is 5.66. The van der Waals surface area contributed by atoms with Gasteiger partial charge in [0.2, 0.25) is 11.8 Å². The first-order valence-corrected chi connectivity index (χ1v) is 4.86. The fourth-order valence-electron chi connectivity index (χ4n) is 0.615. The van der Waals surface area contributed by atoms with Gasteiger partial charge in [0.05, 0.1) is 0 Å². The van der Waals surface area contributed by atoms with Crippen LogP contribution in [0, 0.1) is 0 Å². The summed E-state index contributed by atoms with van der Waals surface area (Å²) in [5.74, 6) is -0.0815. The number of hydrogen-bond donors (Lipinski definition) is 2. The maximum atomic E-state index is 10.8. The van der Waals surface area contributed by atoms with E-state index in [0.717, 1.165) is 0 Å². The zero-order valence-corrected chi connectivity index (χ0v) is 8.61. The highest BCUT2D eigenvalue weighted by Crippen LogP contribution is 1.85. The average Bonchev–Trinajstić information content (AvgIpc) is 1.98. The van der Waals surface area contributed by atoms with Crippen molar-refractivity contribution in [3.05, 3.63) is 0 Å². The van der Waals surface area contributed by atoms with E-state index in [1.54, 1.807) is 0 Å². The second kappa shape index (κ2) is 7.09. The summed E-state index contributed by atoms with van der Waals surface area (Å²) < 4.78 is 0. The lowest BCUT2D eigenvalue weighted by atomic mass is 10.4. The maximum Gasteiger partial charge on any atom is 0.220 e. The van der Waals surface area contributed by atoms with Crippen molar-refractivity contribution in [1.82, 2.24) is 10.6 Å². The predicted molar refractivity (Wildman–Crippen MR) is 50.1 cm³/mol. The number of carbonyl (C=O) groups excluding carboxylic acids is 2. The average molecular weight is 237 g/mol. The van der Waals surface area contributed by atoms with Crippen LogP contribution in [0.2, 0.25) is 0 Å². The molecule has 2 N–H and O–H groups in total. The molecule has 5 heteroatoms. The van der Waals surface area contributed by atoms with Gasteiger partial charge in [0.25, 0.3) is 0 Å². The third-order valence-corrected chi connectivity index (χ3v) is 1.54. The van der Waals surface area contributed by atoms with Crippen molar-refractivity contribution in [3.63, 3.8) is 0 Å². The van der Waals surface area contributed by atoms with Crippen molar-refractivity contribution < 1.29 is 9.59 Å². The fraction of sp³-hybridized carbons (Fsp3) is 0.714. The molecule has 0 saturated carbocycles. The highest BCUT2D eigenvalue weighted by molar-refractivity contribution is 9.09. The summed E-state index contributed by atoms with van der Waals surface area (Å²) in [4.78, 5) is 21.2. The van der Waals surface area contributed by atoms with Crippen LogP contribution < -0.4 is 10.6 Å². The van der Waals surface area contributed by atoms with Crippen molar-refractivity contribution in [2.75, 3.05) is 18.4 Å². The number of carbonyl (C=O) groups is 2. The Morgan fingerprint density at radius 2 is 1.83 bits per heavy atom. The van der Waals surface area contributed by atoms with E-state index in [4.69, 9.17) is 0 Å². The van der Waals surface area contributed by atoms with Crippen LogP contribution in [0.25, 0.3) is 0 Å². The minimum Gasteiger partial charge on any atom is -0.355 e. The predicted octanol–water partition coefficient (Wildman–Crippen LogP) is 0.0237.